The van der Waals surface area contributed by atoms with E-state index in [1.807, 2.05) is 12.1 Å². The third kappa shape index (κ3) is 3.84. The summed E-state index contributed by atoms with van der Waals surface area (Å²) < 4.78 is 16.7. The molecule has 0 bridgehead atoms. The fourth-order valence-electron chi connectivity index (χ4n) is 2.46. The van der Waals surface area contributed by atoms with Crippen molar-refractivity contribution in [3.8, 4) is 0 Å². The minimum atomic E-state index is 0.528. The number of benzene rings is 1. The first-order valence-corrected chi connectivity index (χ1v) is 7.68. The summed E-state index contributed by atoms with van der Waals surface area (Å²) in [7, 11) is 1.71. The molecule has 0 amide bonds. The first kappa shape index (κ1) is 14.6. The van der Waals surface area contributed by atoms with Crippen LogP contribution in [0.1, 0.15) is 30.6 Å². The van der Waals surface area contributed by atoms with E-state index < -0.39 is 0 Å². The molecular formula is C17H23NO3. The van der Waals surface area contributed by atoms with Gasteiger partial charge >= 0.3 is 0 Å². The Morgan fingerprint density at radius 3 is 2.90 bits per heavy atom. The Labute approximate surface area is 125 Å². The Morgan fingerprint density at radius 1 is 1.24 bits per heavy atom. The van der Waals surface area contributed by atoms with Gasteiger partial charge in [-0.1, -0.05) is 18.2 Å². The lowest BCUT2D eigenvalue weighted by Crippen LogP contribution is -2.16. The summed E-state index contributed by atoms with van der Waals surface area (Å²) in [6.07, 6.45) is 3.49. The van der Waals surface area contributed by atoms with Crippen LogP contribution < -0.4 is 5.32 Å². The lowest BCUT2D eigenvalue weighted by atomic mass is 10.1. The average Bonchev–Trinajstić information content (AvgIpc) is 3.26. The molecule has 1 aromatic carbocycles. The summed E-state index contributed by atoms with van der Waals surface area (Å²) in [5.41, 5.74) is 2.19. The predicted molar refractivity (Wildman–Crippen MR) is 82.2 cm³/mol. The lowest BCUT2D eigenvalue weighted by Gasteiger charge is -2.06. The summed E-state index contributed by atoms with van der Waals surface area (Å²) >= 11 is 0. The molecule has 0 aliphatic heterocycles. The Kier molecular flexibility index (Phi) is 4.91. The maximum atomic E-state index is 5.96. The maximum absolute atomic E-state index is 5.96. The summed E-state index contributed by atoms with van der Waals surface area (Å²) in [6, 6.07) is 8.89. The van der Waals surface area contributed by atoms with Gasteiger partial charge in [0.2, 0.25) is 0 Å². The van der Waals surface area contributed by atoms with E-state index in [-0.39, 0.29) is 0 Å². The molecule has 21 heavy (non-hydrogen) atoms. The number of furan rings is 1. The first-order valence-electron chi connectivity index (χ1n) is 7.68. The Bertz CT molecular complexity index is 574. The molecule has 1 N–H and O–H groups in total. The van der Waals surface area contributed by atoms with Gasteiger partial charge in [0.05, 0.1) is 0 Å². The number of methoxy groups -OCH3 is 1. The van der Waals surface area contributed by atoms with Gasteiger partial charge in [0.15, 0.2) is 0 Å². The van der Waals surface area contributed by atoms with Crippen molar-refractivity contribution in [1.29, 1.82) is 0 Å². The topological polar surface area (TPSA) is 43.6 Å². The molecule has 1 heterocycles. The SMILES string of the molecule is COCCCOCc1oc2ccccc2c1CNC1CC1. The molecule has 4 heteroatoms. The van der Waals surface area contributed by atoms with Crippen molar-refractivity contribution in [2.24, 2.45) is 0 Å². The van der Waals surface area contributed by atoms with Gasteiger partial charge in [-0.25, -0.2) is 0 Å². The molecule has 0 atom stereocenters. The number of hydrogen-bond acceptors (Lipinski definition) is 4. The molecule has 0 spiro atoms. The molecule has 4 nitrogen and oxygen atoms in total. The number of ether oxygens (including phenoxy) is 2. The van der Waals surface area contributed by atoms with Crippen molar-refractivity contribution in [2.75, 3.05) is 20.3 Å². The second kappa shape index (κ2) is 7.07. The monoisotopic (exact) mass is 289 g/mol. The van der Waals surface area contributed by atoms with Crippen LogP contribution >= 0.6 is 0 Å². The van der Waals surface area contributed by atoms with Crippen LogP contribution in [0.25, 0.3) is 11.0 Å². The van der Waals surface area contributed by atoms with Crippen molar-refractivity contribution in [1.82, 2.24) is 5.32 Å². The largest absolute Gasteiger partial charge is 0.458 e. The van der Waals surface area contributed by atoms with E-state index in [1.54, 1.807) is 7.11 Å². The van der Waals surface area contributed by atoms with Crippen LogP contribution in [-0.2, 0) is 22.6 Å². The van der Waals surface area contributed by atoms with E-state index in [9.17, 15) is 0 Å². The summed E-state index contributed by atoms with van der Waals surface area (Å²) in [6.45, 7) is 2.81. The van der Waals surface area contributed by atoms with Crippen molar-refractivity contribution in [3.05, 3.63) is 35.6 Å². The first-order chi connectivity index (χ1) is 10.4. The normalized spacial score (nSPS) is 14.9. The predicted octanol–water partition coefficient (Wildman–Crippen LogP) is 3.24. The van der Waals surface area contributed by atoms with E-state index in [4.69, 9.17) is 13.9 Å². The highest BCUT2D eigenvalue weighted by molar-refractivity contribution is 5.82. The Morgan fingerprint density at radius 2 is 2.10 bits per heavy atom. The number of rotatable bonds is 9. The summed E-state index contributed by atoms with van der Waals surface area (Å²) in [4.78, 5) is 0. The molecule has 0 saturated heterocycles. The van der Waals surface area contributed by atoms with Crippen molar-refractivity contribution < 1.29 is 13.9 Å². The maximum Gasteiger partial charge on any atom is 0.135 e. The Balaban J connectivity index is 1.67. The molecule has 1 fully saturated rings. The van der Waals surface area contributed by atoms with Gasteiger partial charge in [-0.15, -0.1) is 0 Å². The van der Waals surface area contributed by atoms with Crippen LogP contribution in [0, 0.1) is 0 Å². The highest BCUT2D eigenvalue weighted by Gasteiger charge is 2.22. The minimum absolute atomic E-state index is 0.528. The van der Waals surface area contributed by atoms with Crippen molar-refractivity contribution in [3.63, 3.8) is 0 Å². The number of hydrogen-bond donors (Lipinski definition) is 1. The zero-order valence-corrected chi connectivity index (χ0v) is 12.6. The van der Waals surface area contributed by atoms with Crippen molar-refractivity contribution in [2.45, 2.75) is 38.5 Å². The number of fused-ring (bicyclic) bond motifs is 1. The minimum Gasteiger partial charge on any atom is -0.458 e. The molecule has 114 valence electrons. The van der Waals surface area contributed by atoms with E-state index in [1.165, 1.54) is 23.8 Å². The zero-order chi connectivity index (χ0) is 14.5. The summed E-state index contributed by atoms with van der Waals surface area (Å²) in [5.74, 6) is 0.946. The van der Waals surface area contributed by atoms with Gasteiger partial charge in [0, 0.05) is 43.9 Å². The van der Waals surface area contributed by atoms with E-state index in [0.29, 0.717) is 19.3 Å². The van der Waals surface area contributed by atoms with Gasteiger partial charge in [-0.2, -0.15) is 0 Å². The molecular weight excluding hydrogens is 266 g/mol. The van der Waals surface area contributed by atoms with Crippen LogP contribution in [0.5, 0.6) is 0 Å². The van der Waals surface area contributed by atoms with E-state index >= 15 is 0 Å². The number of nitrogens with one attached hydrogen (secondary N) is 1. The summed E-state index contributed by atoms with van der Waals surface area (Å²) in [5, 5.41) is 4.76. The molecule has 0 unspecified atom stereocenters. The smallest absolute Gasteiger partial charge is 0.135 e. The number of para-hydroxylation sites is 1. The highest BCUT2D eigenvalue weighted by Crippen LogP contribution is 2.28. The van der Waals surface area contributed by atoms with Gasteiger partial charge in [0.1, 0.15) is 18.0 Å². The van der Waals surface area contributed by atoms with E-state index in [0.717, 1.165) is 30.9 Å². The van der Waals surface area contributed by atoms with Gasteiger partial charge in [0.25, 0.3) is 0 Å². The zero-order valence-electron chi connectivity index (χ0n) is 12.6. The average molecular weight is 289 g/mol. The lowest BCUT2D eigenvalue weighted by molar-refractivity contribution is 0.0829. The molecule has 1 aliphatic carbocycles. The molecule has 0 radical (unpaired) electrons. The van der Waals surface area contributed by atoms with Crippen LogP contribution in [-0.4, -0.2) is 26.4 Å². The van der Waals surface area contributed by atoms with Crippen molar-refractivity contribution >= 4 is 11.0 Å². The quantitative estimate of drug-likeness (QED) is 0.720. The second-order valence-electron chi connectivity index (χ2n) is 5.55. The standard InChI is InChI=1S/C17H23NO3/c1-19-9-4-10-20-12-17-15(11-18-13-7-8-13)14-5-2-3-6-16(14)21-17/h2-3,5-6,13,18H,4,7-12H2,1H3. The van der Waals surface area contributed by atoms with E-state index in [2.05, 4.69) is 17.4 Å². The molecule has 1 aliphatic rings. The van der Waals surface area contributed by atoms with Gasteiger partial charge in [-0.05, 0) is 25.3 Å². The second-order valence-corrected chi connectivity index (χ2v) is 5.55. The third-order valence-electron chi connectivity index (χ3n) is 3.80. The fourth-order valence-corrected chi connectivity index (χ4v) is 2.46. The molecule has 1 aromatic heterocycles. The Hall–Kier alpha value is -1.36. The molecule has 3 rings (SSSR count). The van der Waals surface area contributed by atoms with Crippen LogP contribution in [0.2, 0.25) is 0 Å². The van der Waals surface area contributed by atoms with Crippen LogP contribution in [0.4, 0.5) is 0 Å². The third-order valence-corrected chi connectivity index (χ3v) is 3.80. The molecule has 2 aromatic rings. The van der Waals surface area contributed by atoms with Gasteiger partial charge < -0.3 is 19.2 Å². The van der Waals surface area contributed by atoms with Gasteiger partial charge in [-0.3, -0.25) is 0 Å². The highest BCUT2D eigenvalue weighted by atomic mass is 16.5. The van der Waals surface area contributed by atoms with Crippen LogP contribution in [0.15, 0.2) is 28.7 Å². The van der Waals surface area contributed by atoms with Crippen LogP contribution in [0.3, 0.4) is 0 Å². The fraction of sp³-hybridized carbons (Fsp3) is 0.529. The molecule has 1 saturated carbocycles.